The Bertz CT molecular complexity index is 491. The molecule has 9 heteroatoms. The summed E-state index contributed by atoms with van der Waals surface area (Å²) >= 11 is 0. The smallest absolute Gasteiger partial charge is 0.241 e. The second-order valence-corrected chi connectivity index (χ2v) is 4.89. The predicted octanol–water partition coefficient (Wildman–Crippen LogP) is 0.198. The Hall–Kier alpha value is -1.36. The van der Waals surface area contributed by atoms with Gasteiger partial charge in [-0.2, -0.15) is 5.10 Å². The molecule has 0 aliphatic carbocycles. The molecule has 0 aliphatic heterocycles. The lowest BCUT2D eigenvalue weighted by atomic mass is 10.3. The number of carbonyl (C=O) groups is 1. The minimum absolute atomic E-state index is 0. The summed E-state index contributed by atoms with van der Waals surface area (Å²) in [5, 5.41) is 10.1. The third-order valence-electron chi connectivity index (χ3n) is 2.88. The van der Waals surface area contributed by atoms with Crippen LogP contribution in [-0.4, -0.2) is 66.9 Å². The summed E-state index contributed by atoms with van der Waals surface area (Å²) in [5.41, 5.74) is 1.08. The predicted molar refractivity (Wildman–Crippen MR) is 101 cm³/mol. The van der Waals surface area contributed by atoms with E-state index in [-0.39, 0.29) is 36.4 Å². The molecule has 0 saturated carbocycles. The van der Waals surface area contributed by atoms with Crippen molar-refractivity contribution in [2.75, 3.05) is 40.4 Å². The highest BCUT2D eigenvalue weighted by Gasteiger charge is 2.08. The van der Waals surface area contributed by atoms with Crippen LogP contribution in [0.3, 0.4) is 0 Å². The number of methoxy groups -OCH3 is 1. The number of hydrogen-bond donors (Lipinski definition) is 2. The standard InChI is InChI=1S/C14H26N6O2.HI/c1-5-15-14(17-9-13(21)16-6-7-22-4)19(2)10-12-8-18-20(3)11-12;/h8,11H,5-7,9-10H2,1-4H3,(H,15,17)(H,16,21);1H. The van der Waals surface area contributed by atoms with Gasteiger partial charge in [-0.05, 0) is 6.92 Å². The molecule has 1 aromatic rings. The van der Waals surface area contributed by atoms with Crippen LogP contribution in [0.25, 0.3) is 0 Å². The van der Waals surface area contributed by atoms with Crippen molar-refractivity contribution in [3.05, 3.63) is 18.0 Å². The molecule has 0 atom stereocenters. The van der Waals surface area contributed by atoms with Crippen LogP contribution < -0.4 is 10.6 Å². The van der Waals surface area contributed by atoms with Crippen LogP contribution in [-0.2, 0) is 23.1 Å². The number of amides is 1. The SMILES string of the molecule is CCNC(=NCC(=O)NCCOC)N(C)Cc1cnn(C)c1.I. The van der Waals surface area contributed by atoms with Crippen LogP contribution >= 0.6 is 24.0 Å². The quantitative estimate of drug-likeness (QED) is 0.262. The minimum Gasteiger partial charge on any atom is -0.383 e. The summed E-state index contributed by atoms with van der Waals surface area (Å²) in [6.45, 7) is 4.48. The summed E-state index contributed by atoms with van der Waals surface area (Å²) in [4.78, 5) is 18.0. The molecule has 0 saturated heterocycles. The molecule has 1 amide bonds. The monoisotopic (exact) mass is 438 g/mol. The first kappa shape index (κ1) is 21.6. The number of nitrogens with zero attached hydrogens (tertiary/aromatic N) is 4. The molecule has 1 aromatic heterocycles. The van der Waals surface area contributed by atoms with E-state index >= 15 is 0 Å². The van der Waals surface area contributed by atoms with E-state index in [2.05, 4.69) is 20.7 Å². The molecule has 1 rings (SSSR count). The summed E-state index contributed by atoms with van der Waals surface area (Å²) in [7, 11) is 5.41. The number of rotatable bonds is 8. The Morgan fingerprint density at radius 1 is 1.48 bits per heavy atom. The highest BCUT2D eigenvalue weighted by molar-refractivity contribution is 14.0. The molecule has 0 bridgehead atoms. The lowest BCUT2D eigenvalue weighted by molar-refractivity contribution is -0.119. The lowest BCUT2D eigenvalue weighted by Gasteiger charge is -2.21. The third-order valence-corrected chi connectivity index (χ3v) is 2.88. The number of aromatic nitrogens is 2. The number of guanidine groups is 1. The summed E-state index contributed by atoms with van der Waals surface area (Å²) in [6.07, 6.45) is 3.77. The third kappa shape index (κ3) is 8.74. The second-order valence-electron chi connectivity index (χ2n) is 4.89. The Kier molecular flexibility index (Phi) is 11.4. The normalized spacial score (nSPS) is 10.9. The Labute approximate surface area is 154 Å². The van der Waals surface area contributed by atoms with Crippen molar-refractivity contribution in [1.29, 1.82) is 0 Å². The van der Waals surface area contributed by atoms with Crippen LogP contribution in [0.4, 0.5) is 0 Å². The van der Waals surface area contributed by atoms with Crippen molar-refractivity contribution >= 4 is 35.8 Å². The van der Waals surface area contributed by atoms with Crippen LogP contribution in [0.5, 0.6) is 0 Å². The van der Waals surface area contributed by atoms with E-state index in [9.17, 15) is 4.79 Å². The summed E-state index contributed by atoms with van der Waals surface area (Å²) in [5.74, 6) is 0.565. The molecule has 0 aromatic carbocycles. The van der Waals surface area contributed by atoms with Crippen LogP contribution in [0, 0.1) is 0 Å². The van der Waals surface area contributed by atoms with Gasteiger partial charge in [0.05, 0.1) is 12.8 Å². The van der Waals surface area contributed by atoms with Gasteiger partial charge in [0.1, 0.15) is 6.54 Å². The van der Waals surface area contributed by atoms with E-state index in [1.807, 2.05) is 38.3 Å². The molecule has 8 nitrogen and oxygen atoms in total. The number of ether oxygens (including phenoxy) is 1. The van der Waals surface area contributed by atoms with Crippen LogP contribution in [0.2, 0.25) is 0 Å². The van der Waals surface area contributed by atoms with Gasteiger partial charge in [-0.3, -0.25) is 9.48 Å². The zero-order valence-corrected chi connectivity index (χ0v) is 16.5. The number of carbonyl (C=O) groups excluding carboxylic acids is 1. The van der Waals surface area contributed by atoms with Gasteiger partial charge >= 0.3 is 0 Å². The highest BCUT2D eigenvalue weighted by Crippen LogP contribution is 2.01. The van der Waals surface area contributed by atoms with Gasteiger partial charge in [-0.25, -0.2) is 4.99 Å². The van der Waals surface area contributed by atoms with E-state index in [1.165, 1.54) is 0 Å². The van der Waals surface area contributed by atoms with E-state index in [4.69, 9.17) is 4.74 Å². The average molecular weight is 438 g/mol. The number of halogens is 1. The second kappa shape index (κ2) is 12.1. The maximum absolute atomic E-state index is 11.7. The van der Waals surface area contributed by atoms with Crippen molar-refractivity contribution < 1.29 is 9.53 Å². The zero-order valence-electron chi connectivity index (χ0n) is 14.2. The van der Waals surface area contributed by atoms with Crippen molar-refractivity contribution in [2.45, 2.75) is 13.5 Å². The fourth-order valence-corrected chi connectivity index (χ4v) is 1.87. The Morgan fingerprint density at radius 2 is 2.22 bits per heavy atom. The average Bonchev–Trinajstić information content (AvgIpc) is 2.88. The summed E-state index contributed by atoms with van der Waals surface area (Å²) < 4.78 is 6.64. The first-order valence-corrected chi connectivity index (χ1v) is 7.29. The van der Waals surface area contributed by atoms with Crippen molar-refractivity contribution in [3.63, 3.8) is 0 Å². The molecular weight excluding hydrogens is 411 g/mol. The first-order chi connectivity index (χ1) is 10.6. The number of aryl methyl sites for hydroxylation is 1. The number of nitrogens with one attached hydrogen (secondary N) is 2. The largest absolute Gasteiger partial charge is 0.383 e. The molecule has 2 N–H and O–H groups in total. The van der Waals surface area contributed by atoms with E-state index in [1.54, 1.807) is 11.8 Å². The molecule has 0 radical (unpaired) electrons. The Morgan fingerprint density at radius 3 is 2.78 bits per heavy atom. The number of hydrogen-bond acceptors (Lipinski definition) is 4. The summed E-state index contributed by atoms with van der Waals surface area (Å²) in [6, 6.07) is 0. The molecular formula is C14H27IN6O2. The molecule has 0 unspecified atom stereocenters. The van der Waals surface area contributed by atoms with Crippen molar-refractivity contribution in [2.24, 2.45) is 12.0 Å². The zero-order chi connectivity index (χ0) is 16.4. The van der Waals surface area contributed by atoms with Gasteiger partial charge in [0.15, 0.2) is 5.96 Å². The molecule has 0 fully saturated rings. The van der Waals surface area contributed by atoms with Gasteiger partial charge < -0.3 is 20.3 Å². The van der Waals surface area contributed by atoms with Gasteiger partial charge in [0, 0.05) is 52.6 Å². The number of aliphatic imine (C=N–C) groups is 1. The van der Waals surface area contributed by atoms with Gasteiger partial charge in [-0.1, -0.05) is 0 Å². The van der Waals surface area contributed by atoms with Crippen molar-refractivity contribution in [3.8, 4) is 0 Å². The fraction of sp³-hybridized carbons (Fsp3) is 0.643. The maximum Gasteiger partial charge on any atom is 0.241 e. The van der Waals surface area contributed by atoms with Crippen molar-refractivity contribution in [1.82, 2.24) is 25.3 Å². The molecule has 1 heterocycles. The fourth-order valence-electron chi connectivity index (χ4n) is 1.87. The maximum atomic E-state index is 11.7. The molecule has 0 spiro atoms. The molecule has 132 valence electrons. The first-order valence-electron chi connectivity index (χ1n) is 7.29. The van der Waals surface area contributed by atoms with E-state index in [0.717, 1.165) is 12.1 Å². The van der Waals surface area contributed by atoms with Gasteiger partial charge in [0.2, 0.25) is 5.91 Å². The van der Waals surface area contributed by atoms with E-state index < -0.39 is 0 Å². The van der Waals surface area contributed by atoms with Crippen LogP contribution in [0.1, 0.15) is 12.5 Å². The molecule has 23 heavy (non-hydrogen) atoms. The van der Waals surface area contributed by atoms with Gasteiger partial charge in [0.25, 0.3) is 0 Å². The highest BCUT2D eigenvalue weighted by atomic mass is 127. The van der Waals surface area contributed by atoms with Crippen LogP contribution in [0.15, 0.2) is 17.4 Å². The topological polar surface area (TPSA) is 83.8 Å². The van der Waals surface area contributed by atoms with E-state index in [0.29, 0.717) is 25.7 Å². The van der Waals surface area contributed by atoms with Gasteiger partial charge in [-0.15, -0.1) is 24.0 Å². The minimum atomic E-state index is -0.123. The Balaban J connectivity index is 0.00000484. The molecule has 0 aliphatic rings. The lowest BCUT2D eigenvalue weighted by Crippen LogP contribution is -2.39.